The quantitative estimate of drug-likeness (QED) is 0.352. The summed E-state index contributed by atoms with van der Waals surface area (Å²) < 4.78 is 26.5. The van der Waals surface area contributed by atoms with Gasteiger partial charge in [0.15, 0.2) is 0 Å². The topological polar surface area (TPSA) is 86.8 Å². The Balaban J connectivity index is 2.01. The van der Waals surface area contributed by atoms with Crippen LogP contribution < -0.4 is 5.32 Å². The van der Waals surface area contributed by atoms with Gasteiger partial charge in [0.05, 0.1) is 12.8 Å². The Morgan fingerprint density at radius 3 is 1.95 bits per heavy atom. The number of rotatable bonds is 12. The largest absolute Gasteiger partial charge is 0.354 e. The van der Waals surface area contributed by atoms with Crippen LogP contribution in [0.1, 0.15) is 36.6 Å². The first kappa shape index (κ1) is 29.4. The van der Waals surface area contributed by atoms with Gasteiger partial charge in [0.1, 0.15) is 6.04 Å². The average Bonchev–Trinajstić information content (AvgIpc) is 2.88. The average molecular weight is 556 g/mol. The van der Waals surface area contributed by atoms with Gasteiger partial charge in [0.25, 0.3) is 0 Å². The van der Waals surface area contributed by atoms with Gasteiger partial charge in [-0.3, -0.25) is 9.59 Å². The molecule has 3 aromatic rings. The molecule has 2 amide bonds. The Hall–Kier alpha value is -3.20. The Morgan fingerprint density at radius 2 is 1.39 bits per heavy atom. The van der Waals surface area contributed by atoms with E-state index in [1.807, 2.05) is 38.1 Å². The highest BCUT2D eigenvalue weighted by molar-refractivity contribution is 7.88. The second-order valence-corrected chi connectivity index (χ2v) is 12.0. The van der Waals surface area contributed by atoms with Crippen LogP contribution in [0.2, 0.25) is 5.02 Å². The summed E-state index contributed by atoms with van der Waals surface area (Å²) in [7, 11) is -3.73. The van der Waals surface area contributed by atoms with Crippen LogP contribution in [0.4, 0.5) is 0 Å². The minimum Gasteiger partial charge on any atom is -0.354 e. The maximum atomic E-state index is 13.9. The molecule has 0 aliphatic heterocycles. The summed E-state index contributed by atoms with van der Waals surface area (Å²) in [5.41, 5.74) is 2.14. The Morgan fingerprint density at radius 1 is 0.842 bits per heavy atom. The predicted molar refractivity (Wildman–Crippen MR) is 151 cm³/mol. The number of carbonyl (C=O) groups excluding carboxylic acids is 2. The number of nitrogens with one attached hydrogen (secondary N) is 1. The van der Waals surface area contributed by atoms with Crippen LogP contribution in [-0.2, 0) is 32.7 Å². The SMILES string of the molecule is CC(C)CNC(=O)[C@H](c1ccccc1)N(Cc1ccc(Cl)cc1)C(=O)CN(Cc1ccccc1)S(C)(=O)=O. The van der Waals surface area contributed by atoms with E-state index in [1.165, 1.54) is 4.90 Å². The van der Waals surface area contributed by atoms with Gasteiger partial charge in [-0.05, 0) is 34.7 Å². The molecule has 1 atom stereocenters. The number of benzene rings is 3. The van der Waals surface area contributed by atoms with Crippen molar-refractivity contribution in [1.82, 2.24) is 14.5 Å². The standard InChI is InChI=1S/C29H34ClN3O4S/c1-22(2)18-31-29(35)28(25-12-8-5-9-13-25)33(20-24-14-16-26(30)17-15-24)27(34)21-32(38(3,36)37)19-23-10-6-4-7-11-23/h4-17,22,28H,18-21H2,1-3H3,(H,31,35)/t28-/m0/s1. The fourth-order valence-electron chi connectivity index (χ4n) is 3.94. The number of hydrogen-bond donors (Lipinski definition) is 1. The van der Waals surface area contributed by atoms with E-state index in [1.54, 1.807) is 60.7 Å². The first-order valence-corrected chi connectivity index (χ1v) is 14.6. The maximum Gasteiger partial charge on any atom is 0.247 e. The minimum atomic E-state index is -3.73. The monoisotopic (exact) mass is 555 g/mol. The molecule has 0 spiro atoms. The van der Waals surface area contributed by atoms with Gasteiger partial charge in [-0.25, -0.2) is 8.42 Å². The first-order chi connectivity index (χ1) is 18.0. The van der Waals surface area contributed by atoms with Crippen molar-refractivity contribution in [2.75, 3.05) is 19.3 Å². The molecule has 0 radical (unpaired) electrons. The molecule has 0 bridgehead atoms. The summed E-state index contributed by atoms with van der Waals surface area (Å²) in [6.07, 6.45) is 1.08. The van der Waals surface area contributed by atoms with Crippen molar-refractivity contribution >= 4 is 33.4 Å². The second-order valence-electron chi connectivity index (χ2n) is 9.62. The lowest BCUT2D eigenvalue weighted by atomic mass is 10.0. The second kappa shape index (κ2) is 13.6. The van der Waals surface area contributed by atoms with Crippen LogP contribution >= 0.6 is 11.6 Å². The highest BCUT2D eigenvalue weighted by atomic mass is 35.5. The van der Waals surface area contributed by atoms with Crippen molar-refractivity contribution in [3.63, 3.8) is 0 Å². The molecule has 0 aromatic heterocycles. The van der Waals surface area contributed by atoms with Gasteiger partial charge in [-0.2, -0.15) is 4.31 Å². The third-order valence-electron chi connectivity index (χ3n) is 5.93. The Bertz CT molecular complexity index is 1300. The van der Waals surface area contributed by atoms with Gasteiger partial charge >= 0.3 is 0 Å². The van der Waals surface area contributed by atoms with Crippen LogP contribution in [0, 0.1) is 5.92 Å². The number of amides is 2. The summed E-state index contributed by atoms with van der Waals surface area (Å²) >= 11 is 6.07. The minimum absolute atomic E-state index is 0.0374. The molecule has 1 N–H and O–H groups in total. The molecule has 0 aliphatic rings. The molecule has 3 rings (SSSR count). The van der Waals surface area contributed by atoms with Crippen molar-refractivity contribution < 1.29 is 18.0 Å². The van der Waals surface area contributed by atoms with Crippen LogP contribution in [-0.4, -0.2) is 48.8 Å². The van der Waals surface area contributed by atoms with Gasteiger partial charge in [0, 0.05) is 24.7 Å². The molecule has 0 fully saturated rings. The Kier molecular flexibility index (Phi) is 10.5. The summed E-state index contributed by atoms with van der Waals surface area (Å²) in [4.78, 5) is 28.9. The molecular formula is C29H34ClN3O4S. The van der Waals surface area contributed by atoms with E-state index in [4.69, 9.17) is 11.6 Å². The first-order valence-electron chi connectivity index (χ1n) is 12.4. The van der Waals surface area contributed by atoms with Crippen LogP contribution in [0.3, 0.4) is 0 Å². The molecular weight excluding hydrogens is 522 g/mol. The van der Waals surface area contributed by atoms with Crippen molar-refractivity contribution in [1.29, 1.82) is 0 Å². The van der Waals surface area contributed by atoms with Gasteiger partial charge in [0.2, 0.25) is 21.8 Å². The third kappa shape index (κ3) is 8.68. The Labute approximate surface area is 230 Å². The smallest absolute Gasteiger partial charge is 0.247 e. The van der Waals surface area contributed by atoms with Crippen molar-refractivity contribution in [3.8, 4) is 0 Å². The van der Waals surface area contributed by atoms with Crippen molar-refractivity contribution in [2.45, 2.75) is 33.0 Å². The molecule has 0 saturated carbocycles. The van der Waals surface area contributed by atoms with E-state index >= 15 is 0 Å². The van der Waals surface area contributed by atoms with Gasteiger partial charge in [-0.15, -0.1) is 0 Å². The summed E-state index contributed by atoms with van der Waals surface area (Å²) in [5.74, 6) is -0.613. The van der Waals surface area contributed by atoms with E-state index in [0.29, 0.717) is 17.1 Å². The maximum absolute atomic E-state index is 13.9. The summed E-state index contributed by atoms with van der Waals surface area (Å²) in [6.45, 7) is 4.13. The molecule has 0 unspecified atom stereocenters. The number of nitrogens with zero attached hydrogens (tertiary/aromatic N) is 2. The lowest BCUT2D eigenvalue weighted by Gasteiger charge is -2.33. The molecule has 3 aromatic carbocycles. The fraction of sp³-hybridized carbons (Fsp3) is 0.310. The molecule has 9 heteroatoms. The highest BCUT2D eigenvalue weighted by Crippen LogP contribution is 2.25. The van der Waals surface area contributed by atoms with Crippen LogP contribution in [0.5, 0.6) is 0 Å². The molecule has 0 aliphatic carbocycles. The molecule has 0 heterocycles. The summed E-state index contributed by atoms with van der Waals surface area (Å²) in [5, 5.41) is 3.50. The molecule has 7 nitrogen and oxygen atoms in total. The zero-order valence-electron chi connectivity index (χ0n) is 21.9. The van der Waals surface area contributed by atoms with Gasteiger partial charge in [-0.1, -0.05) is 98.2 Å². The van der Waals surface area contributed by atoms with E-state index in [0.717, 1.165) is 21.7 Å². The number of halogens is 1. The van der Waals surface area contributed by atoms with Crippen LogP contribution in [0.15, 0.2) is 84.9 Å². The normalized spacial score (nSPS) is 12.4. The third-order valence-corrected chi connectivity index (χ3v) is 7.38. The predicted octanol–water partition coefficient (Wildman–Crippen LogP) is 4.64. The zero-order valence-corrected chi connectivity index (χ0v) is 23.5. The lowest BCUT2D eigenvalue weighted by Crippen LogP contribution is -2.48. The molecule has 0 saturated heterocycles. The highest BCUT2D eigenvalue weighted by Gasteiger charge is 2.33. The number of carbonyl (C=O) groups is 2. The van der Waals surface area contributed by atoms with E-state index in [9.17, 15) is 18.0 Å². The summed E-state index contributed by atoms with van der Waals surface area (Å²) in [6, 6.07) is 24.2. The van der Waals surface area contributed by atoms with Crippen LogP contribution in [0.25, 0.3) is 0 Å². The lowest BCUT2D eigenvalue weighted by molar-refractivity contribution is -0.141. The van der Waals surface area contributed by atoms with Gasteiger partial charge < -0.3 is 10.2 Å². The number of sulfonamides is 1. The molecule has 202 valence electrons. The van der Waals surface area contributed by atoms with E-state index in [2.05, 4.69) is 5.32 Å². The van der Waals surface area contributed by atoms with Crippen molar-refractivity contribution in [3.05, 3.63) is 107 Å². The van der Waals surface area contributed by atoms with E-state index < -0.39 is 28.5 Å². The molecule has 38 heavy (non-hydrogen) atoms. The fourth-order valence-corrected chi connectivity index (χ4v) is 4.79. The number of hydrogen-bond acceptors (Lipinski definition) is 4. The van der Waals surface area contributed by atoms with E-state index in [-0.39, 0.29) is 24.9 Å². The van der Waals surface area contributed by atoms with Crippen molar-refractivity contribution in [2.24, 2.45) is 5.92 Å². The zero-order chi connectivity index (χ0) is 27.7.